The molecule has 0 saturated heterocycles. The molecule has 0 unspecified atom stereocenters. The largest absolute Gasteiger partial charge is 0.497 e. The Kier molecular flexibility index (Phi) is 5.09. The van der Waals surface area contributed by atoms with E-state index in [1.165, 1.54) is 6.20 Å². The summed E-state index contributed by atoms with van der Waals surface area (Å²) in [6, 6.07) is 7.14. The first-order valence-electron chi connectivity index (χ1n) is 6.74. The van der Waals surface area contributed by atoms with Crippen LogP contribution < -0.4 is 15.4 Å². The smallest absolute Gasteiger partial charge is 0.275 e. The Hall–Kier alpha value is -2.63. The van der Waals surface area contributed by atoms with Crippen molar-refractivity contribution in [1.82, 2.24) is 9.97 Å². The highest BCUT2D eigenvalue weighted by Gasteiger charge is 2.09. The Morgan fingerprint density at radius 1 is 1.33 bits per heavy atom. The first kappa shape index (κ1) is 14.8. The van der Waals surface area contributed by atoms with Crippen molar-refractivity contribution >= 4 is 17.4 Å². The first-order valence-corrected chi connectivity index (χ1v) is 6.74. The number of nitrogens with one attached hydrogen (secondary N) is 2. The maximum Gasteiger partial charge on any atom is 0.275 e. The number of ether oxygens (including phenoxy) is 1. The molecule has 2 aromatic rings. The molecule has 6 heteroatoms. The number of hydrogen-bond donors (Lipinski definition) is 2. The van der Waals surface area contributed by atoms with Gasteiger partial charge < -0.3 is 15.4 Å². The highest BCUT2D eigenvalue weighted by Crippen LogP contribution is 2.17. The van der Waals surface area contributed by atoms with Gasteiger partial charge in [-0.15, -0.1) is 0 Å². The second-order valence-corrected chi connectivity index (χ2v) is 4.40. The van der Waals surface area contributed by atoms with E-state index in [0.717, 1.165) is 13.0 Å². The number of carbonyl (C=O) groups excluding carboxylic acids is 1. The van der Waals surface area contributed by atoms with Crippen LogP contribution >= 0.6 is 0 Å². The standard InChI is InChI=1S/C15H18N4O2/c1-3-7-17-14-10-16-9-13(19-14)15(20)18-11-5-4-6-12(8-11)21-2/h4-6,8-10H,3,7H2,1-2H3,(H,17,19)(H,18,20). The third kappa shape index (κ3) is 4.17. The molecule has 0 radical (unpaired) electrons. The quantitative estimate of drug-likeness (QED) is 0.853. The molecule has 110 valence electrons. The highest BCUT2D eigenvalue weighted by atomic mass is 16.5. The Bertz CT molecular complexity index is 616. The summed E-state index contributed by atoms with van der Waals surface area (Å²) in [5.74, 6) is 0.961. The Balaban J connectivity index is 2.08. The molecule has 0 aliphatic heterocycles. The van der Waals surface area contributed by atoms with Gasteiger partial charge in [-0.1, -0.05) is 13.0 Å². The van der Waals surface area contributed by atoms with E-state index in [9.17, 15) is 4.79 Å². The zero-order valence-corrected chi connectivity index (χ0v) is 12.1. The van der Waals surface area contributed by atoms with E-state index in [-0.39, 0.29) is 11.6 Å². The number of benzene rings is 1. The average Bonchev–Trinajstić information content (AvgIpc) is 2.53. The lowest BCUT2D eigenvalue weighted by Crippen LogP contribution is -2.15. The van der Waals surface area contributed by atoms with Gasteiger partial charge in [0.2, 0.25) is 0 Å². The summed E-state index contributed by atoms with van der Waals surface area (Å²) in [5, 5.41) is 5.87. The number of aromatic nitrogens is 2. The lowest BCUT2D eigenvalue weighted by Gasteiger charge is -2.08. The van der Waals surface area contributed by atoms with Gasteiger partial charge in [0.1, 0.15) is 17.3 Å². The summed E-state index contributed by atoms with van der Waals surface area (Å²) in [4.78, 5) is 20.4. The van der Waals surface area contributed by atoms with Crippen LogP contribution in [-0.4, -0.2) is 29.5 Å². The lowest BCUT2D eigenvalue weighted by molar-refractivity contribution is 0.102. The number of rotatable bonds is 6. The molecular formula is C15H18N4O2. The van der Waals surface area contributed by atoms with E-state index in [0.29, 0.717) is 17.3 Å². The first-order chi connectivity index (χ1) is 10.2. The molecule has 1 amide bonds. The summed E-state index contributed by atoms with van der Waals surface area (Å²) in [6.07, 6.45) is 4.01. The maximum atomic E-state index is 12.2. The van der Waals surface area contributed by atoms with Crippen LogP contribution in [0.1, 0.15) is 23.8 Å². The molecule has 2 N–H and O–H groups in total. The molecule has 21 heavy (non-hydrogen) atoms. The van der Waals surface area contributed by atoms with Gasteiger partial charge >= 0.3 is 0 Å². The van der Waals surface area contributed by atoms with Crippen LogP contribution in [0.4, 0.5) is 11.5 Å². The third-order valence-corrected chi connectivity index (χ3v) is 2.75. The van der Waals surface area contributed by atoms with Crippen LogP contribution in [0.2, 0.25) is 0 Å². The van der Waals surface area contributed by atoms with Crippen LogP contribution in [-0.2, 0) is 0 Å². The van der Waals surface area contributed by atoms with Crippen molar-refractivity contribution in [1.29, 1.82) is 0 Å². The normalized spacial score (nSPS) is 10.0. The maximum absolute atomic E-state index is 12.2. The molecular weight excluding hydrogens is 268 g/mol. The predicted octanol–water partition coefficient (Wildman–Crippen LogP) is 2.56. The molecule has 6 nitrogen and oxygen atoms in total. The Morgan fingerprint density at radius 2 is 2.19 bits per heavy atom. The number of methoxy groups -OCH3 is 1. The fourth-order valence-corrected chi connectivity index (χ4v) is 1.71. The second kappa shape index (κ2) is 7.23. The SMILES string of the molecule is CCCNc1cncc(C(=O)Nc2cccc(OC)c2)n1. The van der Waals surface area contributed by atoms with Crippen LogP contribution in [0.3, 0.4) is 0 Å². The van der Waals surface area contributed by atoms with Gasteiger partial charge in [0.25, 0.3) is 5.91 Å². The zero-order chi connectivity index (χ0) is 15.1. The van der Waals surface area contributed by atoms with Crippen molar-refractivity contribution in [2.75, 3.05) is 24.3 Å². The minimum absolute atomic E-state index is 0.263. The summed E-state index contributed by atoms with van der Waals surface area (Å²) < 4.78 is 5.12. The van der Waals surface area contributed by atoms with Gasteiger partial charge in [-0.2, -0.15) is 0 Å². The monoisotopic (exact) mass is 286 g/mol. The fraction of sp³-hybridized carbons (Fsp3) is 0.267. The topological polar surface area (TPSA) is 76.1 Å². The van der Waals surface area contributed by atoms with E-state index in [1.807, 2.05) is 6.07 Å². The molecule has 1 aromatic heterocycles. The molecule has 0 spiro atoms. The lowest BCUT2D eigenvalue weighted by atomic mass is 10.3. The van der Waals surface area contributed by atoms with Crippen molar-refractivity contribution in [3.63, 3.8) is 0 Å². The van der Waals surface area contributed by atoms with Crippen LogP contribution in [0.15, 0.2) is 36.7 Å². The van der Waals surface area contributed by atoms with E-state index in [4.69, 9.17) is 4.74 Å². The number of anilines is 2. The van der Waals surface area contributed by atoms with Gasteiger partial charge in [0.05, 0.1) is 19.5 Å². The van der Waals surface area contributed by atoms with Gasteiger partial charge in [-0.3, -0.25) is 9.78 Å². The Morgan fingerprint density at radius 3 is 2.95 bits per heavy atom. The molecule has 0 fully saturated rings. The van der Waals surface area contributed by atoms with Gasteiger partial charge in [-0.05, 0) is 18.6 Å². The second-order valence-electron chi connectivity index (χ2n) is 4.40. The van der Waals surface area contributed by atoms with E-state index in [2.05, 4.69) is 27.5 Å². The minimum atomic E-state index is -0.309. The minimum Gasteiger partial charge on any atom is -0.497 e. The van der Waals surface area contributed by atoms with Crippen LogP contribution in [0.5, 0.6) is 5.75 Å². The Labute approximate surface area is 123 Å². The number of carbonyl (C=O) groups is 1. The molecule has 0 atom stereocenters. The van der Waals surface area contributed by atoms with E-state index >= 15 is 0 Å². The molecule has 0 aliphatic rings. The van der Waals surface area contributed by atoms with Crippen LogP contribution in [0, 0.1) is 0 Å². The van der Waals surface area contributed by atoms with Gasteiger partial charge in [0, 0.05) is 18.3 Å². The van der Waals surface area contributed by atoms with Crippen molar-refractivity contribution in [3.05, 3.63) is 42.4 Å². The van der Waals surface area contributed by atoms with Crippen molar-refractivity contribution in [2.45, 2.75) is 13.3 Å². The summed E-state index contributed by atoms with van der Waals surface area (Å²) in [6.45, 7) is 2.84. The number of hydrogen-bond acceptors (Lipinski definition) is 5. The third-order valence-electron chi connectivity index (χ3n) is 2.75. The van der Waals surface area contributed by atoms with Crippen LogP contribution in [0.25, 0.3) is 0 Å². The van der Waals surface area contributed by atoms with E-state index in [1.54, 1.807) is 31.5 Å². The van der Waals surface area contributed by atoms with Crippen molar-refractivity contribution < 1.29 is 9.53 Å². The molecule has 2 rings (SSSR count). The summed E-state index contributed by atoms with van der Waals surface area (Å²) in [5.41, 5.74) is 0.909. The molecule has 1 aromatic carbocycles. The highest BCUT2D eigenvalue weighted by molar-refractivity contribution is 6.02. The summed E-state index contributed by atoms with van der Waals surface area (Å²) >= 11 is 0. The fourth-order valence-electron chi connectivity index (χ4n) is 1.71. The van der Waals surface area contributed by atoms with Crippen molar-refractivity contribution in [3.8, 4) is 5.75 Å². The molecule has 1 heterocycles. The predicted molar refractivity (Wildman–Crippen MR) is 81.8 cm³/mol. The van der Waals surface area contributed by atoms with E-state index < -0.39 is 0 Å². The van der Waals surface area contributed by atoms with Gasteiger partial charge in [-0.25, -0.2) is 4.98 Å². The molecule has 0 bridgehead atoms. The molecule has 0 saturated carbocycles. The average molecular weight is 286 g/mol. The number of nitrogens with zero attached hydrogens (tertiary/aromatic N) is 2. The van der Waals surface area contributed by atoms with Gasteiger partial charge in [0.15, 0.2) is 0 Å². The summed E-state index contributed by atoms with van der Waals surface area (Å²) in [7, 11) is 1.58. The zero-order valence-electron chi connectivity index (χ0n) is 12.1. The number of amides is 1. The molecule has 0 aliphatic carbocycles. The van der Waals surface area contributed by atoms with Crippen molar-refractivity contribution in [2.24, 2.45) is 0 Å².